The molecule has 0 saturated carbocycles. The molecule has 1 aliphatic heterocycles. The maximum atomic E-state index is 13.0. The van der Waals surface area contributed by atoms with Crippen molar-refractivity contribution in [3.05, 3.63) is 65.3 Å². The van der Waals surface area contributed by atoms with Crippen LogP contribution < -0.4 is 10.6 Å². The zero-order chi connectivity index (χ0) is 26.9. The van der Waals surface area contributed by atoms with Crippen LogP contribution in [-0.4, -0.2) is 54.8 Å². The van der Waals surface area contributed by atoms with E-state index in [2.05, 4.69) is 65.1 Å². The van der Waals surface area contributed by atoms with Crippen LogP contribution in [0.2, 0.25) is 0 Å². The Balaban J connectivity index is 1.39. The largest absolute Gasteiger partial charge is 0.415 e. The van der Waals surface area contributed by atoms with E-state index in [9.17, 15) is 10.1 Å². The quantitative estimate of drug-likeness (QED) is 0.349. The maximum absolute atomic E-state index is 13.0. The van der Waals surface area contributed by atoms with Gasteiger partial charge in [0.1, 0.15) is 5.41 Å². The van der Waals surface area contributed by atoms with Crippen LogP contribution in [-0.2, 0) is 12.0 Å². The Kier molecular flexibility index (Phi) is 6.61. The predicted octanol–water partition coefficient (Wildman–Crippen LogP) is 3.41. The molecule has 0 aliphatic carbocycles. The fourth-order valence-corrected chi connectivity index (χ4v) is 4.28. The third-order valence-electron chi connectivity index (χ3n) is 6.52. The Hall–Kier alpha value is -4.63. The van der Waals surface area contributed by atoms with Crippen LogP contribution in [0, 0.1) is 18.3 Å². The smallest absolute Gasteiger partial charge is 0.309 e. The molecule has 1 aliphatic rings. The summed E-state index contributed by atoms with van der Waals surface area (Å²) in [5.74, 6) is -0.0452. The Bertz CT molecular complexity index is 1520. The molecule has 4 aromatic rings. The minimum Gasteiger partial charge on any atom is -0.415 e. The van der Waals surface area contributed by atoms with E-state index >= 15 is 0 Å². The highest BCUT2D eigenvalue weighted by Gasteiger charge is 2.30. The first-order chi connectivity index (χ1) is 18.2. The number of amides is 1. The van der Waals surface area contributed by atoms with Gasteiger partial charge in [0.25, 0.3) is 0 Å². The molecule has 3 N–H and O–H groups in total. The van der Waals surface area contributed by atoms with Gasteiger partial charge in [0.15, 0.2) is 0 Å². The van der Waals surface area contributed by atoms with E-state index in [-0.39, 0.29) is 17.8 Å². The highest BCUT2D eigenvalue weighted by atomic mass is 16.4. The highest BCUT2D eigenvalue weighted by Crippen LogP contribution is 2.31. The number of hydrogen-bond acceptors (Lipinski definition) is 10. The zero-order valence-electron chi connectivity index (χ0n) is 21.6. The molecule has 1 amide bonds. The van der Waals surface area contributed by atoms with Crippen LogP contribution >= 0.6 is 0 Å². The fraction of sp³-hybridized carbons (Fsp3) is 0.346. The van der Waals surface area contributed by atoms with E-state index in [1.807, 2.05) is 25.1 Å². The number of hydrogen-bond donors (Lipinski definition) is 3. The van der Waals surface area contributed by atoms with Crippen molar-refractivity contribution in [3.63, 3.8) is 0 Å². The Labute approximate surface area is 219 Å². The molecule has 0 unspecified atom stereocenters. The average Bonchev–Trinajstić information content (AvgIpc) is 3.53. The van der Waals surface area contributed by atoms with Gasteiger partial charge in [-0.25, -0.2) is 9.97 Å². The first-order valence-corrected chi connectivity index (χ1v) is 12.2. The van der Waals surface area contributed by atoms with Crippen molar-refractivity contribution < 1.29 is 9.21 Å². The molecule has 0 saturated heterocycles. The fourth-order valence-electron chi connectivity index (χ4n) is 4.28. The second-order valence-corrected chi connectivity index (χ2v) is 9.91. The van der Waals surface area contributed by atoms with E-state index in [1.165, 1.54) is 0 Å². The summed E-state index contributed by atoms with van der Waals surface area (Å²) in [4.78, 5) is 24.2. The van der Waals surface area contributed by atoms with Crippen molar-refractivity contribution in [2.24, 2.45) is 0 Å². The summed E-state index contributed by atoms with van der Waals surface area (Å²) >= 11 is 0. The van der Waals surface area contributed by atoms with Gasteiger partial charge in [-0.05, 0) is 57.5 Å². The van der Waals surface area contributed by atoms with Gasteiger partial charge in [-0.1, -0.05) is 12.1 Å². The molecule has 0 spiro atoms. The van der Waals surface area contributed by atoms with Gasteiger partial charge >= 0.3 is 11.8 Å². The van der Waals surface area contributed by atoms with Crippen molar-refractivity contribution in [3.8, 4) is 17.3 Å². The van der Waals surface area contributed by atoms with Gasteiger partial charge in [-0.2, -0.15) is 10.4 Å². The van der Waals surface area contributed by atoms with E-state index in [0.717, 1.165) is 46.9 Å². The first kappa shape index (κ1) is 25.0. The average molecular weight is 513 g/mol. The van der Waals surface area contributed by atoms with Crippen molar-refractivity contribution in [2.75, 3.05) is 18.9 Å². The summed E-state index contributed by atoms with van der Waals surface area (Å²) in [7, 11) is 2.05. The van der Waals surface area contributed by atoms with Crippen molar-refractivity contribution in [1.82, 2.24) is 40.6 Å². The summed E-state index contributed by atoms with van der Waals surface area (Å²) in [6, 6.07) is 9.85. The van der Waals surface area contributed by atoms with Gasteiger partial charge in [0, 0.05) is 24.8 Å². The molecular weight excluding hydrogens is 484 g/mol. The number of carbonyl (C=O) groups excluding carboxylic acids is 1. The molecule has 0 fully saturated rings. The van der Waals surface area contributed by atoms with Crippen molar-refractivity contribution >= 4 is 17.5 Å². The third-order valence-corrected chi connectivity index (χ3v) is 6.52. The zero-order valence-corrected chi connectivity index (χ0v) is 21.6. The molecule has 1 atom stereocenters. The summed E-state index contributed by atoms with van der Waals surface area (Å²) in [6.07, 6.45) is 4.12. The van der Waals surface area contributed by atoms with Crippen LogP contribution in [0.4, 0.5) is 11.6 Å². The summed E-state index contributed by atoms with van der Waals surface area (Å²) in [5.41, 5.74) is 4.55. The topological polar surface area (TPSA) is 162 Å². The van der Waals surface area contributed by atoms with Crippen LogP contribution in [0.25, 0.3) is 11.3 Å². The molecule has 12 heteroatoms. The Morgan fingerprint density at radius 3 is 2.89 bits per heavy atom. The molecule has 3 aromatic heterocycles. The number of nitriles is 1. The Morgan fingerprint density at radius 1 is 1.29 bits per heavy atom. The van der Waals surface area contributed by atoms with E-state index in [0.29, 0.717) is 12.4 Å². The minimum absolute atomic E-state index is 0.109. The van der Waals surface area contributed by atoms with E-state index < -0.39 is 11.3 Å². The van der Waals surface area contributed by atoms with Gasteiger partial charge in [-0.3, -0.25) is 9.89 Å². The van der Waals surface area contributed by atoms with Crippen LogP contribution in [0.15, 0.2) is 41.1 Å². The molecule has 12 nitrogen and oxygen atoms in total. The number of benzene rings is 1. The minimum atomic E-state index is -0.979. The summed E-state index contributed by atoms with van der Waals surface area (Å²) in [5, 5.41) is 30.2. The molecule has 0 bridgehead atoms. The lowest BCUT2D eigenvalue weighted by Gasteiger charge is -2.19. The second-order valence-electron chi connectivity index (χ2n) is 9.91. The molecule has 38 heavy (non-hydrogen) atoms. The number of aromatic amines is 1. The SMILES string of the molecule is Cc1[nH]ncc1Nc1nccc(-c2ccc3c(c2)CN(C)CC[C@@H]3NC(=O)c2nnc(C(C)(C)C#N)o2)n1. The van der Waals surface area contributed by atoms with E-state index in [1.54, 1.807) is 26.2 Å². The highest BCUT2D eigenvalue weighted by molar-refractivity contribution is 5.89. The molecule has 4 heterocycles. The number of anilines is 2. The van der Waals surface area contributed by atoms with Gasteiger partial charge < -0.3 is 20.0 Å². The monoisotopic (exact) mass is 512 g/mol. The van der Waals surface area contributed by atoms with Gasteiger partial charge in [0.05, 0.1) is 35.4 Å². The number of aryl methyl sites for hydroxylation is 1. The van der Waals surface area contributed by atoms with Crippen LogP contribution in [0.3, 0.4) is 0 Å². The number of fused-ring (bicyclic) bond motifs is 1. The standard InChI is InChI=1S/C26H28N10O2/c1-15-21(12-29-33-15)32-25-28-9-7-19(31-25)16-5-6-18-17(11-16)13-36(4)10-8-20(18)30-22(37)23-34-35-24(38-23)26(2,3)14-27/h5-7,9,11-12,20H,8,10,13H2,1-4H3,(H,29,33)(H,30,37)(H,28,31,32)/t20-/m0/s1. The number of H-pyrrole nitrogens is 1. The lowest BCUT2D eigenvalue weighted by Crippen LogP contribution is -2.30. The van der Waals surface area contributed by atoms with E-state index in [4.69, 9.17) is 4.42 Å². The molecular formula is C26H28N10O2. The lowest BCUT2D eigenvalue weighted by molar-refractivity contribution is 0.0895. The first-order valence-electron chi connectivity index (χ1n) is 12.2. The molecule has 5 rings (SSSR count). The van der Waals surface area contributed by atoms with Crippen LogP contribution in [0.1, 0.15) is 59.7 Å². The molecule has 194 valence electrons. The molecule has 0 radical (unpaired) electrons. The number of carbonyl (C=O) groups is 1. The number of aromatic nitrogens is 6. The lowest BCUT2D eigenvalue weighted by atomic mass is 9.96. The number of nitrogens with zero attached hydrogens (tertiary/aromatic N) is 7. The Morgan fingerprint density at radius 2 is 2.13 bits per heavy atom. The maximum Gasteiger partial charge on any atom is 0.309 e. The normalized spacial score (nSPS) is 15.8. The number of rotatable bonds is 6. The summed E-state index contributed by atoms with van der Waals surface area (Å²) in [6.45, 7) is 6.75. The van der Waals surface area contributed by atoms with Crippen molar-refractivity contribution in [1.29, 1.82) is 5.26 Å². The van der Waals surface area contributed by atoms with Gasteiger partial charge in [-0.15, -0.1) is 10.2 Å². The third kappa shape index (κ3) is 5.09. The van der Waals surface area contributed by atoms with Crippen molar-refractivity contribution in [2.45, 2.75) is 45.2 Å². The number of nitrogens with one attached hydrogen (secondary N) is 3. The molecule has 1 aromatic carbocycles. The predicted molar refractivity (Wildman–Crippen MR) is 138 cm³/mol. The summed E-state index contributed by atoms with van der Waals surface area (Å²) < 4.78 is 5.52. The van der Waals surface area contributed by atoms with Gasteiger partial charge in [0.2, 0.25) is 11.8 Å². The second kappa shape index (κ2) is 10.0. The van der Waals surface area contributed by atoms with Crippen LogP contribution in [0.5, 0.6) is 0 Å².